The molecular formula is C31H40FN3O3. The van der Waals surface area contributed by atoms with E-state index in [0.717, 1.165) is 44.1 Å². The molecule has 4 rings (SSSR count). The summed E-state index contributed by atoms with van der Waals surface area (Å²) in [7, 11) is 0. The second-order valence-corrected chi connectivity index (χ2v) is 10.4. The maximum atomic E-state index is 15.5. The molecule has 0 saturated heterocycles. The second-order valence-electron chi connectivity index (χ2n) is 10.4. The molecule has 1 aliphatic rings. The molecule has 1 heterocycles. The number of anilines is 2. The summed E-state index contributed by atoms with van der Waals surface area (Å²) in [5.74, 6) is -1.44. The largest absolute Gasteiger partial charge is 0.480 e. The summed E-state index contributed by atoms with van der Waals surface area (Å²) in [6, 6.07) is 12.1. The number of rotatable bonds is 11. The van der Waals surface area contributed by atoms with Gasteiger partial charge in [-0.3, -0.25) is 4.79 Å². The molecule has 7 heteroatoms. The number of pyridine rings is 1. The van der Waals surface area contributed by atoms with E-state index in [1.807, 2.05) is 30.3 Å². The van der Waals surface area contributed by atoms with Crippen LogP contribution in [0.4, 0.5) is 15.8 Å². The average molecular weight is 522 g/mol. The van der Waals surface area contributed by atoms with Crippen LogP contribution in [0.1, 0.15) is 83.7 Å². The van der Waals surface area contributed by atoms with Crippen molar-refractivity contribution < 1.29 is 14.3 Å². The smallest absolute Gasteiger partial charge is 0.326 e. The van der Waals surface area contributed by atoms with E-state index in [9.17, 15) is 14.7 Å². The number of aliphatic carboxylic acids is 1. The van der Waals surface area contributed by atoms with Crippen molar-refractivity contribution in [2.75, 3.05) is 10.2 Å². The second kappa shape index (κ2) is 12.5. The Morgan fingerprint density at radius 3 is 2.37 bits per heavy atom. The van der Waals surface area contributed by atoms with E-state index >= 15 is 4.39 Å². The van der Waals surface area contributed by atoms with E-state index in [0.29, 0.717) is 17.6 Å². The quantitative estimate of drug-likeness (QED) is 0.281. The van der Waals surface area contributed by atoms with Crippen LogP contribution < -0.4 is 15.6 Å². The Hall–Kier alpha value is -3.35. The lowest BCUT2D eigenvalue weighted by molar-refractivity contribution is -0.138. The molecule has 1 atom stereocenters. The lowest BCUT2D eigenvalue weighted by Gasteiger charge is -2.32. The lowest BCUT2D eigenvalue weighted by atomic mass is 9.95. The van der Waals surface area contributed by atoms with Gasteiger partial charge in [0.05, 0.1) is 16.6 Å². The van der Waals surface area contributed by atoms with Crippen LogP contribution in [0.2, 0.25) is 0 Å². The summed E-state index contributed by atoms with van der Waals surface area (Å²) in [5.41, 5.74) is 1.94. The van der Waals surface area contributed by atoms with Crippen molar-refractivity contribution in [1.82, 2.24) is 4.57 Å². The van der Waals surface area contributed by atoms with E-state index in [1.54, 1.807) is 24.1 Å². The van der Waals surface area contributed by atoms with Crippen LogP contribution in [0, 0.1) is 5.82 Å². The molecule has 2 aromatic carbocycles. The molecule has 3 aromatic rings. The monoisotopic (exact) mass is 521 g/mol. The van der Waals surface area contributed by atoms with Gasteiger partial charge in [0, 0.05) is 24.8 Å². The van der Waals surface area contributed by atoms with E-state index in [1.165, 1.54) is 12.5 Å². The maximum absolute atomic E-state index is 15.5. The number of hydrogen-bond donors (Lipinski definition) is 2. The van der Waals surface area contributed by atoms with E-state index in [2.05, 4.69) is 23.7 Å². The molecule has 1 unspecified atom stereocenters. The normalized spacial score (nSPS) is 15.1. The maximum Gasteiger partial charge on any atom is 0.326 e. The zero-order chi connectivity index (χ0) is 27.2. The highest BCUT2D eigenvalue weighted by Gasteiger charge is 2.28. The van der Waals surface area contributed by atoms with Crippen molar-refractivity contribution in [3.05, 3.63) is 70.3 Å². The summed E-state index contributed by atoms with van der Waals surface area (Å²) in [6.45, 7) is 6.26. The van der Waals surface area contributed by atoms with Crippen LogP contribution in [-0.4, -0.2) is 27.7 Å². The Kier molecular flexibility index (Phi) is 9.08. The SMILES string of the molecule is CCC(C(=O)O)N(Cc1ccccc1)c1cn(C(CC)CC)c2cc(NC3CCCCC3)c(F)cc2c1=O. The fraction of sp³-hybridized carbons (Fsp3) is 0.484. The van der Waals surface area contributed by atoms with Crippen LogP contribution in [0.5, 0.6) is 0 Å². The van der Waals surface area contributed by atoms with E-state index < -0.39 is 17.8 Å². The van der Waals surface area contributed by atoms with Crippen molar-refractivity contribution in [2.24, 2.45) is 0 Å². The van der Waals surface area contributed by atoms with Gasteiger partial charge in [0.1, 0.15) is 17.5 Å². The van der Waals surface area contributed by atoms with Gasteiger partial charge in [-0.1, -0.05) is 70.4 Å². The van der Waals surface area contributed by atoms with Crippen LogP contribution in [0.25, 0.3) is 10.9 Å². The molecule has 1 aromatic heterocycles. The van der Waals surface area contributed by atoms with Crippen LogP contribution in [0.15, 0.2) is 53.5 Å². The molecule has 1 aliphatic carbocycles. The minimum absolute atomic E-state index is 0.0771. The number of fused-ring (bicyclic) bond motifs is 1. The Bertz CT molecular complexity index is 1300. The number of carboxylic acid groups (broad SMARTS) is 1. The van der Waals surface area contributed by atoms with Crippen molar-refractivity contribution in [2.45, 2.75) is 96.8 Å². The fourth-order valence-corrected chi connectivity index (χ4v) is 5.79. The summed E-state index contributed by atoms with van der Waals surface area (Å²) >= 11 is 0. The summed E-state index contributed by atoms with van der Waals surface area (Å²) in [4.78, 5) is 28.0. The van der Waals surface area contributed by atoms with E-state index in [-0.39, 0.29) is 35.1 Å². The number of nitrogens with one attached hydrogen (secondary N) is 1. The van der Waals surface area contributed by atoms with Crippen LogP contribution in [0.3, 0.4) is 0 Å². The Balaban J connectivity index is 1.90. The number of carboxylic acids is 1. The molecule has 204 valence electrons. The van der Waals surface area contributed by atoms with Crippen LogP contribution in [-0.2, 0) is 11.3 Å². The van der Waals surface area contributed by atoms with Crippen molar-refractivity contribution in [3.8, 4) is 0 Å². The predicted molar refractivity (Wildman–Crippen MR) is 153 cm³/mol. The van der Waals surface area contributed by atoms with Gasteiger partial charge in [-0.05, 0) is 49.8 Å². The molecule has 1 fully saturated rings. The average Bonchev–Trinajstić information content (AvgIpc) is 2.92. The van der Waals surface area contributed by atoms with Crippen molar-refractivity contribution in [3.63, 3.8) is 0 Å². The topological polar surface area (TPSA) is 74.6 Å². The first-order valence-electron chi connectivity index (χ1n) is 14.1. The zero-order valence-corrected chi connectivity index (χ0v) is 22.8. The number of hydrogen-bond acceptors (Lipinski definition) is 4. The zero-order valence-electron chi connectivity index (χ0n) is 22.8. The molecule has 0 radical (unpaired) electrons. The molecular weight excluding hydrogens is 481 g/mol. The third-order valence-corrected chi connectivity index (χ3v) is 7.96. The predicted octanol–water partition coefficient (Wildman–Crippen LogP) is 7.12. The van der Waals surface area contributed by atoms with Gasteiger partial charge in [0.15, 0.2) is 0 Å². The first-order chi connectivity index (χ1) is 18.4. The molecule has 1 saturated carbocycles. The molecule has 2 N–H and O–H groups in total. The number of aromatic nitrogens is 1. The van der Waals surface area contributed by atoms with Gasteiger partial charge < -0.3 is 19.9 Å². The third kappa shape index (κ3) is 5.87. The fourth-order valence-electron chi connectivity index (χ4n) is 5.79. The van der Waals surface area contributed by atoms with Gasteiger partial charge in [-0.2, -0.15) is 0 Å². The number of nitrogens with zero attached hydrogens (tertiary/aromatic N) is 2. The van der Waals surface area contributed by atoms with Crippen molar-refractivity contribution in [1.29, 1.82) is 0 Å². The number of carbonyl (C=O) groups is 1. The number of benzene rings is 2. The van der Waals surface area contributed by atoms with Gasteiger partial charge >= 0.3 is 5.97 Å². The first-order valence-corrected chi connectivity index (χ1v) is 14.1. The van der Waals surface area contributed by atoms with Gasteiger partial charge in [-0.15, -0.1) is 0 Å². The molecule has 0 amide bonds. The Labute approximate surface area is 224 Å². The lowest BCUT2D eigenvalue weighted by Crippen LogP contribution is -2.43. The van der Waals surface area contributed by atoms with Crippen LogP contribution >= 0.6 is 0 Å². The molecule has 6 nitrogen and oxygen atoms in total. The van der Waals surface area contributed by atoms with Gasteiger partial charge in [0.25, 0.3) is 0 Å². The highest BCUT2D eigenvalue weighted by atomic mass is 19.1. The molecule has 0 aliphatic heterocycles. The Morgan fingerprint density at radius 1 is 1.08 bits per heavy atom. The third-order valence-electron chi connectivity index (χ3n) is 7.96. The standard InChI is InChI=1S/C31H40FN3O3/c1-4-23(5-2)34-20-29(35(27(6-3)31(37)38)19-21-13-9-7-10-14-21)30(36)24-17-25(32)26(18-28(24)34)33-22-15-11-8-12-16-22/h7,9-10,13-14,17-18,20,22-23,27,33H,4-6,8,11-12,15-16,19H2,1-3H3,(H,37,38). The minimum Gasteiger partial charge on any atom is -0.480 e. The first kappa shape index (κ1) is 27.7. The van der Waals surface area contributed by atoms with Gasteiger partial charge in [0.2, 0.25) is 5.43 Å². The molecule has 0 spiro atoms. The summed E-state index contributed by atoms with van der Waals surface area (Å²) < 4.78 is 17.5. The molecule has 38 heavy (non-hydrogen) atoms. The number of halogens is 1. The minimum atomic E-state index is -0.991. The highest BCUT2D eigenvalue weighted by molar-refractivity contribution is 5.87. The summed E-state index contributed by atoms with van der Waals surface area (Å²) in [6.07, 6.45) is 9.28. The Morgan fingerprint density at radius 2 is 1.76 bits per heavy atom. The van der Waals surface area contributed by atoms with E-state index in [4.69, 9.17) is 0 Å². The summed E-state index contributed by atoms with van der Waals surface area (Å²) in [5, 5.41) is 13.7. The highest BCUT2D eigenvalue weighted by Crippen LogP contribution is 2.31. The van der Waals surface area contributed by atoms with Gasteiger partial charge in [-0.25, -0.2) is 9.18 Å². The van der Waals surface area contributed by atoms with Crippen molar-refractivity contribution >= 4 is 28.2 Å². The molecule has 0 bridgehead atoms.